The molecule has 0 saturated carbocycles. The number of halogens is 1. The molecule has 96 valence electrons. The number of thiazole rings is 1. The fourth-order valence-electron chi connectivity index (χ4n) is 1.39. The van der Waals surface area contributed by atoms with Crippen molar-refractivity contribution in [2.75, 3.05) is 7.05 Å². The van der Waals surface area contributed by atoms with Crippen molar-refractivity contribution in [2.24, 2.45) is 0 Å². The quantitative estimate of drug-likeness (QED) is 0.855. The lowest BCUT2D eigenvalue weighted by molar-refractivity contribution is 0.466. The first-order chi connectivity index (χ1) is 8.50. The summed E-state index contributed by atoms with van der Waals surface area (Å²) in [6, 6.07) is 6.59. The zero-order valence-electron chi connectivity index (χ0n) is 9.58. The lowest BCUT2D eigenvalue weighted by Crippen LogP contribution is -2.26. The van der Waals surface area contributed by atoms with Gasteiger partial charge in [0.05, 0.1) is 11.4 Å². The third-order valence-electron chi connectivity index (χ3n) is 2.36. The second kappa shape index (κ2) is 5.48. The lowest BCUT2D eigenvalue weighted by Gasteiger charge is -2.15. The molecule has 0 aliphatic heterocycles. The van der Waals surface area contributed by atoms with Crippen molar-refractivity contribution in [1.29, 1.82) is 0 Å². The Morgan fingerprint density at radius 3 is 2.56 bits per heavy atom. The fraction of sp³-hybridized carbons (Fsp3) is 0.182. The van der Waals surface area contributed by atoms with E-state index in [0.717, 1.165) is 9.48 Å². The van der Waals surface area contributed by atoms with Crippen LogP contribution in [0.5, 0.6) is 0 Å². The van der Waals surface area contributed by atoms with Gasteiger partial charge < -0.3 is 0 Å². The van der Waals surface area contributed by atoms with Gasteiger partial charge in [-0.05, 0) is 24.3 Å². The molecule has 0 saturated heterocycles. The molecular weight excluding hydrogens is 336 g/mol. The van der Waals surface area contributed by atoms with E-state index in [4.69, 9.17) is 0 Å². The smallest absolute Gasteiger partial charge is 0.243 e. The summed E-state index contributed by atoms with van der Waals surface area (Å²) in [5.74, 6) is 0. The molecule has 18 heavy (non-hydrogen) atoms. The Labute approximate surface area is 118 Å². The molecule has 2 aromatic rings. The molecular formula is C11H11BrN2O2S2. The molecule has 2 rings (SSSR count). The van der Waals surface area contributed by atoms with Crippen molar-refractivity contribution in [1.82, 2.24) is 9.29 Å². The van der Waals surface area contributed by atoms with E-state index in [9.17, 15) is 8.42 Å². The highest BCUT2D eigenvalue weighted by Gasteiger charge is 2.21. The summed E-state index contributed by atoms with van der Waals surface area (Å²) in [6.45, 7) is 0.288. The van der Waals surface area contributed by atoms with Crippen molar-refractivity contribution >= 4 is 37.3 Å². The van der Waals surface area contributed by atoms with Gasteiger partial charge in [0.2, 0.25) is 10.0 Å². The molecule has 0 N–H and O–H groups in total. The van der Waals surface area contributed by atoms with Gasteiger partial charge in [-0.15, -0.1) is 11.3 Å². The van der Waals surface area contributed by atoms with Crippen LogP contribution in [0.15, 0.2) is 45.2 Å². The number of hydrogen-bond donors (Lipinski definition) is 0. The van der Waals surface area contributed by atoms with E-state index in [-0.39, 0.29) is 11.4 Å². The number of nitrogens with zero attached hydrogens (tertiary/aromatic N) is 2. The summed E-state index contributed by atoms with van der Waals surface area (Å²) in [6.07, 6.45) is 1.67. The van der Waals surface area contributed by atoms with Crippen molar-refractivity contribution in [3.05, 3.63) is 45.3 Å². The van der Waals surface area contributed by atoms with Crippen LogP contribution >= 0.6 is 27.3 Å². The summed E-state index contributed by atoms with van der Waals surface area (Å²) >= 11 is 4.72. The summed E-state index contributed by atoms with van der Waals surface area (Å²) in [7, 11) is -1.90. The molecule has 4 nitrogen and oxygen atoms in total. The number of aromatic nitrogens is 1. The molecule has 0 atom stereocenters. The highest BCUT2D eigenvalue weighted by Crippen LogP contribution is 2.19. The molecule has 1 aromatic heterocycles. The first-order valence-electron chi connectivity index (χ1n) is 5.10. The number of hydrogen-bond acceptors (Lipinski definition) is 4. The van der Waals surface area contributed by atoms with Crippen molar-refractivity contribution in [2.45, 2.75) is 11.4 Å². The average Bonchev–Trinajstić information content (AvgIpc) is 2.82. The van der Waals surface area contributed by atoms with Gasteiger partial charge in [0.15, 0.2) is 0 Å². The van der Waals surface area contributed by atoms with E-state index in [2.05, 4.69) is 20.9 Å². The lowest BCUT2D eigenvalue weighted by atomic mass is 10.4. The van der Waals surface area contributed by atoms with Gasteiger partial charge in [-0.1, -0.05) is 15.9 Å². The van der Waals surface area contributed by atoms with Gasteiger partial charge in [-0.25, -0.2) is 13.4 Å². The normalized spacial score (nSPS) is 11.9. The van der Waals surface area contributed by atoms with Gasteiger partial charge in [-0.2, -0.15) is 4.31 Å². The molecule has 0 aliphatic rings. The Bertz CT molecular complexity index is 609. The van der Waals surface area contributed by atoms with E-state index in [1.165, 1.54) is 15.6 Å². The predicted molar refractivity (Wildman–Crippen MR) is 74.9 cm³/mol. The second-order valence-corrected chi connectivity index (χ2v) is 7.58. The third-order valence-corrected chi connectivity index (χ3v) is 5.47. The number of benzene rings is 1. The average molecular weight is 347 g/mol. The van der Waals surface area contributed by atoms with Crippen LogP contribution in [0.25, 0.3) is 0 Å². The van der Waals surface area contributed by atoms with Crippen LogP contribution in [0.3, 0.4) is 0 Å². The highest BCUT2D eigenvalue weighted by molar-refractivity contribution is 9.10. The van der Waals surface area contributed by atoms with Crippen LogP contribution in [0.1, 0.15) is 5.01 Å². The van der Waals surface area contributed by atoms with Gasteiger partial charge >= 0.3 is 0 Å². The largest absolute Gasteiger partial charge is 0.248 e. The summed E-state index contributed by atoms with van der Waals surface area (Å²) in [4.78, 5) is 4.36. The van der Waals surface area contributed by atoms with E-state index in [0.29, 0.717) is 0 Å². The zero-order chi connectivity index (χ0) is 13.2. The van der Waals surface area contributed by atoms with Crippen LogP contribution in [-0.4, -0.2) is 24.8 Å². The molecule has 0 aliphatic carbocycles. The van der Waals surface area contributed by atoms with E-state index in [1.807, 2.05) is 5.38 Å². The molecule has 0 amide bonds. The summed E-state index contributed by atoms with van der Waals surface area (Å²) in [5, 5.41) is 2.60. The molecule has 0 spiro atoms. The van der Waals surface area contributed by atoms with Gasteiger partial charge in [0.25, 0.3) is 0 Å². The standard InChI is InChI=1S/C11H11BrN2O2S2/c1-14(8-11-13-6-7-17-11)18(15,16)10-4-2-9(12)3-5-10/h2-7H,8H2,1H3. The van der Waals surface area contributed by atoms with Crippen LogP contribution < -0.4 is 0 Å². The Morgan fingerprint density at radius 1 is 1.33 bits per heavy atom. The Balaban J connectivity index is 2.22. The third kappa shape index (κ3) is 2.97. The molecule has 1 heterocycles. The van der Waals surface area contributed by atoms with Crippen LogP contribution in [0.2, 0.25) is 0 Å². The second-order valence-electron chi connectivity index (χ2n) is 3.64. The zero-order valence-corrected chi connectivity index (χ0v) is 12.8. The van der Waals surface area contributed by atoms with E-state index < -0.39 is 10.0 Å². The fourth-order valence-corrected chi connectivity index (χ4v) is 3.54. The van der Waals surface area contributed by atoms with E-state index >= 15 is 0 Å². The van der Waals surface area contributed by atoms with Crippen molar-refractivity contribution in [3.63, 3.8) is 0 Å². The Morgan fingerprint density at radius 2 is 2.00 bits per heavy atom. The number of rotatable bonds is 4. The minimum atomic E-state index is -3.45. The Kier molecular flexibility index (Phi) is 4.16. The summed E-state index contributed by atoms with van der Waals surface area (Å²) in [5.41, 5.74) is 0. The highest BCUT2D eigenvalue weighted by atomic mass is 79.9. The van der Waals surface area contributed by atoms with Gasteiger partial charge in [0.1, 0.15) is 5.01 Å². The SMILES string of the molecule is CN(Cc1nccs1)S(=O)(=O)c1ccc(Br)cc1. The predicted octanol–water partition coefficient (Wildman–Crippen LogP) is 2.73. The molecule has 0 fully saturated rings. The van der Waals surface area contributed by atoms with Crippen LogP contribution in [0, 0.1) is 0 Å². The molecule has 0 unspecified atom stereocenters. The number of sulfonamides is 1. The topological polar surface area (TPSA) is 50.3 Å². The molecule has 1 aromatic carbocycles. The minimum Gasteiger partial charge on any atom is -0.248 e. The maximum atomic E-state index is 12.3. The van der Waals surface area contributed by atoms with Crippen LogP contribution in [0.4, 0.5) is 0 Å². The van der Waals surface area contributed by atoms with Gasteiger partial charge in [-0.3, -0.25) is 0 Å². The maximum Gasteiger partial charge on any atom is 0.243 e. The van der Waals surface area contributed by atoms with Crippen molar-refractivity contribution < 1.29 is 8.42 Å². The molecule has 7 heteroatoms. The summed E-state index contributed by atoms with van der Waals surface area (Å²) < 4.78 is 26.7. The maximum absolute atomic E-state index is 12.3. The van der Waals surface area contributed by atoms with Crippen molar-refractivity contribution in [3.8, 4) is 0 Å². The molecule has 0 radical (unpaired) electrons. The molecule has 0 bridgehead atoms. The van der Waals surface area contributed by atoms with Crippen LogP contribution in [-0.2, 0) is 16.6 Å². The Hall–Kier alpha value is -0.760. The van der Waals surface area contributed by atoms with E-state index in [1.54, 1.807) is 37.5 Å². The first-order valence-corrected chi connectivity index (χ1v) is 8.22. The minimum absolute atomic E-state index is 0.282. The first kappa shape index (κ1) is 13.7. The monoisotopic (exact) mass is 346 g/mol. The van der Waals surface area contributed by atoms with Gasteiger partial charge in [0, 0.05) is 23.1 Å².